The van der Waals surface area contributed by atoms with Gasteiger partial charge in [-0.3, -0.25) is 4.79 Å². The van der Waals surface area contributed by atoms with E-state index in [9.17, 15) is 13.2 Å². The van der Waals surface area contributed by atoms with Gasteiger partial charge in [0, 0.05) is 0 Å². The summed E-state index contributed by atoms with van der Waals surface area (Å²) in [5.74, 6) is -0.555. The molecule has 1 aromatic carbocycles. The first kappa shape index (κ1) is 16.7. The Morgan fingerprint density at radius 2 is 1.75 bits per heavy atom. The molecule has 0 unspecified atom stereocenters. The molecule has 0 aliphatic heterocycles. The molecule has 1 rings (SSSR count). The Hall–Kier alpha value is -1.36. The number of rotatable bonds is 6. The maximum absolute atomic E-state index is 12.1. The third-order valence-corrected chi connectivity index (χ3v) is 5.10. The van der Waals surface area contributed by atoms with E-state index in [1.807, 2.05) is 13.8 Å². The lowest BCUT2D eigenvalue weighted by Gasteiger charge is -2.20. The molecule has 112 valence electrons. The second-order valence-corrected chi connectivity index (χ2v) is 7.61. The minimum Gasteiger partial charge on any atom is -0.464 e. The van der Waals surface area contributed by atoms with E-state index in [4.69, 9.17) is 4.74 Å². The largest absolute Gasteiger partial charge is 0.464 e. The molecule has 0 saturated heterocycles. The summed E-state index contributed by atoms with van der Waals surface area (Å²) >= 11 is 0. The Balaban J connectivity index is 2.61. The maximum Gasteiger partial charge on any atom is 0.311 e. The van der Waals surface area contributed by atoms with Gasteiger partial charge in [-0.2, -0.15) is 0 Å². The number of ether oxygens (including phenoxy) is 1. The molecule has 0 N–H and O–H groups in total. The average molecular weight is 298 g/mol. The number of sulfone groups is 1. The van der Waals surface area contributed by atoms with Crippen LogP contribution in [0, 0.1) is 12.3 Å². The molecule has 0 radical (unpaired) electrons. The molecule has 0 aliphatic carbocycles. The van der Waals surface area contributed by atoms with Crippen LogP contribution in [0.5, 0.6) is 0 Å². The normalized spacial score (nSPS) is 12.2. The molecule has 4 nitrogen and oxygen atoms in total. The predicted molar refractivity (Wildman–Crippen MR) is 78.3 cm³/mol. The van der Waals surface area contributed by atoms with E-state index in [-0.39, 0.29) is 23.2 Å². The summed E-state index contributed by atoms with van der Waals surface area (Å²) in [6, 6.07) is 6.64. The quantitative estimate of drug-likeness (QED) is 0.758. The highest BCUT2D eigenvalue weighted by molar-refractivity contribution is 7.91. The van der Waals surface area contributed by atoms with Gasteiger partial charge >= 0.3 is 5.97 Å². The van der Waals surface area contributed by atoms with Crippen LogP contribution in [-0.2, 0) is 19.4 Å². The number of carbonyl (C=O) groups excluding carboxylic acids is 1. The zero-order chi connectivity index (χ0) is 15.4. The fourth-order valence-electron chi connectivity index (χ4n) is 1.45. The Morgan fingerprint density at radius 3 is 2.25 bits per heavy atom. The van der Waals surface area contributed by atoms with Crippen LogP contribution < -0.4 is 0 Å². The fraction of sp³-hybridized carbons (Fsp3) is 0.533. The molecule has 0 atom stereocenters. The third kappa shape index (κ3) is 4.34. The number of benzene rings is 1. The van der Waals surface area contributed by atoms with Crippen molar-refractivity contribution in [1.82, 2.24) is 0 Å². The Kier molecular flexibility index (Phi) is 5.34. The number of hydrogen-bond donors (Lipinski definition) is 0. The minimum atomic E-state index is -3.40. The van der Waals surface area contributed by atoms with E-state index in [0.717, 1.165) is 5.56 Å². The molecule has 1 aromatic rings. The molecular weight excluding hydrogens is 276 g/mol. The summed E-state index contributed by atoms with van der Waals surface area (Å²) in [5, 5.41) is 0. The number of aryl methyl sites for hydroxylation is 1. The molecule has 0 heterocycles. The van der Waals surface area contributed by atoms with Gasteiger partial charge in [0.1, 0.15) is 6.61 Å². The first-order valence-corrected chi connectivity index (χ1v) is 8.31. The topological polar surface area (TPSA) is 60.4 Å². The lowest BCUT2D eigenvalue weighted by molar-refractivity contribution is -0.153. The molecule has 0 aliphatic rings. The lowest BCUT2D eigenvalue weighted by atomic mass is 9.91. The van der Waals surface area contributed by atoms with Crippen molar-refractivity contribution < 1.29 is 17.9 Å². The molecule has 0 saturated carbocycles. The van der Waals surface area contributed by atoms with Crippen molar-refractivity contribution in [3.8, 4) is 0 Å². The van der Waals surface area contributed by atoms with Crippen molar-refractivity contribution in [3.05, 3.63) is 29.8 Å². The van der Waals surface area contributed by atoms with Gasteiger partial charge in [-0.05, 0) is 39.3 Å². The van der Waals surface area contributed by atoms with Crippen LogP contribution in [0.15, 0.2) is 29.2 Å². The Bertz CT molecular complexity index is 556. The molecule has 0 aromatic heterocycles. The van der Waals surface area contributed by atoms with E-state index < -0.39 is 15.3 Å². The maximum atomic E-state index is 12.1. The van der Waals surface area contributed by atoms with Gasteiger partial charge in [0.25, 0.3) is 0 Å². The summed E-state index contributed by atoms with van der Waals surface area (Å²) in [7, 11) is -3.40. The van der Waals surface area contributed by atoms with Crippen LogP contribution in [0.4, 0.5) is 0 Å². The van der Waals surface area contributed by atoms with E-state index >= 15 is 0 Å². The smallest absolute Gasteiger partial charge is 0.311 e. The van der Waals surface area contributed by atoms with Crippen molar-refractivity contribution in [3.63, 3.8) is 0 Å². The first-order valence-electron chi connectivity index (χ1n) is 6.66. The summed E-state index contributed by atoms with van der Waals surface area (Å²) < 4.78 is 29.2. The highest BCUT2D eigenvalue weighted by Gasteiger charge is 2.27. The van der Waals surface area contributed by atoms with Gasteiger partial charge < -0.3 is 4.74 Å². The lowest BCUT2D eigenvalue weighted by Crippen LogP contribution is -2.27. The van der Waals surface area contributed by atoms with Gasteiger partial charge in [0.15, 0.2) is 9.84 Å². The second-order valence-electron chi connectivity index (χ2n) is 5.51. The predicted octanol–water partition coefficient (Wildman–Crippen LogP) is 2.75. The average Bonchev–Trinajstić information content (AvgIpc) is 2.38. The van der Waals surface area contributed by atoms with Crippen LogP contribution in [0.1, 0.15) is 32.8 Å². The van der Waals surface area contributed by atoms with Gasteiger partial charge in [0.05, 0.1) is 16.1 Å². The monoisotopic (exact) mass is 298 g/mol. The van der Waals surface area contributed by atoms with Gasteiger partial charge in [-0.25, -0.2) is 8.42 Å². The van der Waals surface area contributed by atoms with Crippen LogP contribution in [-0.4, -0.2) is 26.7 Å². The Morgan fingerprint density at radius 1 is 1.20 bits per heavy atom. The molecule has 0 spiro atoms. The van der Waals surface area contributed by atoms with E-state index in [0.29, 0.717) is 6.42 Å². The summed E-state index contributed by atoms with van der Waals surface area (Å²) in [6.45, 7) is 7.24. The van der Waals surface area contributed by atoms with Gasteiger partial charge in [-0.1, -0.05) is 24.6 Å². The molecule has 5 heteroatoms. The SMILES string of the molecule is CCC(C)(C)C(=O)OCCS(=O)(=O)c1ccc(C)cc1. The zero-order valence-corrected chi connectivity index (χ0v) is 13.3. The molecule has 0 amide bonds. The van der Waals surface area contributed by atoms with E-state index in [1.165, 1.54) is 0 Å². The van der Waals surface area contributed by atoms with Crippen LogP contribution in [0.2, 0.25) is 0 Å². The fourth-order valence-corrected chi connectivity index (χ4v) is 2.54. The standard InChI is InChI=1S/C15H22O4S/c1-5-15(3,4)14(16)19-10-11-20(17,18)13-8-6-12(2)7-9-13/h6-9H,5,10-11H2,1-4H3. The molecule has 0 bridgehead atoms. The molecular formula is C15H22O4S. The van der Waals surface area contributed by atoms with Crippen molar-refractivity contribution in [1.29, 1.82) is 0 Å². The number of esters is 1. The van der Waals surface area contributed by atoms with Gasteiger partial charge in [-0.15, -0.1) is 0 Å². The zero-order valence-electron chi connectivity index (χ0n) is 12.5. The van der Waals surface area contributed by atoms with Gasteiger partial charge in [0.2, 0.25) is 0 Å². The van der Waals surface area contributed by atoms with Crippen molar-refractivity contribution in [2.45, 2.75) is 39.0 Å². The minimum absolute atomic E-state index is 0.113. The highest BCUT2D eigenvalue weighted by atomic mass is 32.2. The van der Waals surface area contributed by atoms with Crippen LogP contribution in [0.3, 0.4) is 0 Å². The number of carbonyl (C=O) groups is 1. The summed E-state index contributed by atoms with van der Waals surface area (Å²) in [6.07, 6.45) is 0.649. The summed E-state index contributed by atoms with van der Waals surface area (Å²) in [4.78, 5) is 12.0. The highest BCUT2D eigenvalue weighted by Crippen LogP contribution is 2.21. The van der Waals surface area contributed by atoms with Crippen LogP contribution >= 0.6 is 0 Å². The third-order valence-electron chi connectivity index (χ3n) is 3.40. The van der Waals surface area contributed by atoms with E-state index in [2.05, 4.69) is 0 Å². The molecule has 20 heavy (non-hydrogen) atoms. The molecule has 0 fully saturated rings. The summed E-state index contributed by atoms with van der Waals surface area (Å²) in [5.41, 5.74) is 0.424. The first-order chi connectivity index (χ1) is 9.19. The van der Waals surface area contributed by atoms with Crippen molar-refractivity contribution in [2.75, 3.05) is 12.4 Å². The second kappa shape index (κ2) is 6.39. The van der Waals surface area contributed by atoms with Crippen molar-refractivity contribution in [2.24, 2.45) is 5.41 Å². The number of hydrogen-bond acceptors (Lipinski definition) is 4. The van der Waals surface area contributed by atoms with Crippen molar-refractivity contribution >= 4 is 15.8 Å². The van der Waals surface area contributed by atoms with Crippen LogP contribution in [0.25, 0.3) is 0 Å². The van der Waals surface area contributed by atoms with E-state index in [1.54, 1.807) is 38.1 Å². The Labute approximate surface area is 121 Å².